The van der Waals surface area contributed by atoms with Crippen LogP contribution >= 0.6 is 0 Å². The third kappa shape index (κ3) is 2.25. The molecule has 0 unspecified atom stereocenters. The largest absolute Gasteiger partial charge is 0.326 e. The lowest BCUT2D eigenvalue weighted by atomic mass is 9.95. The second-order valence-electron chi connectivity index (χ2n) is 4.26. The number of nitrogens with zero attached hydrogens (tertiary/aromatic N) is 2. The first-order valence-electron chi connectivity index (χ1n) is 4.48. The molecule has 0 fully saturated rings. The lowest BCUT2D eigenvalue weighted by Crippen LogP contribution is -2.17. The van der Waals surface area contributed by atoms with Gasteiger partial charge in [0.1, 0.15) is 5.82 Å². The van der Waals surface area contributed by atoms with Crippen LogP contribution in [0.15, 0.2) is 6.20 Å². The zero-order chi connectivity index (χ0) is 10.1. The maximum absolute atomic E-state index is 5.53. The topological polar surface area (TPSA) is 51.8 Å². The second kappa shape index (κ2) is 3.42. The Morgan fingerprint density at radius 2 is 2.00 bits per heavy atom. The third-order valence-corrected chi connectivity index (χ3v) is 1.97. The Hall–Kier alpha value is -0.960. The standard InChI is InChI=1S/C10H17N3/c1-7-8(5-11)6-12-9(13-7)10(2,3)4/h6H,5,11H2,1-4H3. The number of aromatic nitrogens is 2. The Balaban J connectivity index is 3.10. The van der Waals surface area contributed by atoms with E-state index < -0.39 is 0 Å². The Bertz CT molecular complexity index is 300. The van der Waals surface area contributed by atoms with Crippen molar-refractivity contribution in [3.63, 3.8) is 0 Å². The summed E-state index contributed by atoms with van der Waals surface area (Å²) in [5.41, 5.74) is 7.55. The van der Waals surface area contributed by atoms with Crippen LogP contribution in [0.5, 0.6) is 0 Å². The Kier molecular flexibility index (Phi) is 2.66. The molecule has 1 heterocycles. The third-order valence-electron chi connectivity index (χ3n) is 1.97. The molecular weight excluding hydrogens is 162 g/mol. The highest BCUT2D eigenvalue weighted by Crippen LogP contribution is 2.18. The van der Waals surface area contributed by atoms with Crippen LogP contribution in [0.2, 0.25) is 0 Å². The molecule has 13 heavy (non-hydrogen) atoms. The first-order chi connectivity index (χ1) is 5.95. The average molecular weight is 179 g/mol. The summed E-state index contributed by atoms with van der Waals surface area (Å²) in [6.45, 7) is 8.78. The number of rotatable bonds is 1. The summed E-state index contributed by atoms with van der Waals surface area (Å²) in [5.74, 6) is 0.877. The highest BCUT2D eigenvalue weighted by Gasteiger charge is 2.17. The molecule has 0 radical (unpaired) electrons. The average Bonchev–Trinajstić information content (AvgIpc) is 2.02. The van der Waals surface area contributed by atoms with Crippen molar-refractivity contribution in [3.05, 3.63) is 23.3 Å². The van der Waals surface area contributed by atoms with Gasteiger partial charge in [-0.2, -0.15) is 0 Å². The molecule has 3 nitrogen and oxygen atoms in total. The first-order valence-corrected chi connectivity index (χ1v) is 4.48. The summed E-state index contributed by atoms with van der Waals surface area (Å²) in [6, 6.07) is 0. The van der Waals surface area contributed by atoms with Gasteiger partial charge in [-0.05, 0) is 6.92 Å². The van der Waals surface area contributed by atoms with Crippen molar-refractivity contribution in [3.8, 4) is 0 Å². The summed E-state index contributed by atoms with van der Waals surface area (Å²) in [7, 11) is 0. The summed E-state index contributed by atoms with van der Waals surface area (Å²) in [4.78, 5) is 8.71. The Morgan fingerprint density at radius 1 is 1.38 bits per heavy atom. The quantitative estimate of drug-likeness (QED) is 0.711. The lowest BCUT2D eigenvalue weighted by Gasteiger charge is -2.17. The van der Waals surface area contributed by atoms with Crippen molar-refractivity contribution in [2.24, 2.45) is 5.73 Å². The molecule has 0 saturated carbocycles. The fourth-order valence-corrected chi connectivity index (χ4v) is 1.05. The Labute approximate surface area is 79.4 Å². The van der Waals surface area contributed by atoms with Crippen LogP contribution in [0, 0.1) is 6.92 Å². The molecule has 1 rings (SSSR count). The maximum atomic E-state index is 5.53. The number of hydrogen-bond donors (Lipinski definition) is 1. The maximum Gasteiger partial charge on any atom is 0.133 e. The van der Waals surface area contributed by atoms with E-state index in [0.717, 1.165) is 17.1 Å². The van der Waals surface area contributed by atoms with Crippen molar-refractivity contribution in [1.29, 1.82) is 0 Å². The van der Waals surface area contributed by atoms with Crippen LogP contribution in [0.1, 0.15) is 37.9 Å². The number of nitrogens with two attached hydrogens (primary N) is 1. The van der Waals surface area contributed by atoms with Gasteiger partial charge in [-0.1, -0.05) is 20.8 Å². The van der Waals surface area contributed by atoms with E-state index in [1.807, 2.05) is 13.1 Å². The van der Waals surface area contributed by atoms with Crippen molar-refractivity contribution in [1.82, 2.24) is 9.97 Å². The number of hydrogen-bond acceptors (Lipinski definition) is 3. The SMILES string of the molecule is Cc1nc(C(C)(C)C)ncc1CN. The second-order valence-corrected chi connectivity index (χ2v) is 4.26. The van der Waals surface area contributed by atoms with E-state index in [-0.39, 0.29) is 5.41 Å². The molecule has 0 aliphatic heterocycles. The number of aryl methyl sites for hydroxylation is 1. The molecule has 0 saturated heterocycles. The molecule has 1 aromatic heterocycles. The smallest absolute Gasteiger partial charge is 0.133 e. The fourth-order valence-electron chi connectivity index (χ4n) is 1.05. The normalized spacial score (nSPS) is 11.8. The molecule has 72 valence electrons. The molecule has 2 N–H and O–H groups in total. The van der Waals surface area contributed by atoms with Gasteiger partial charge in [-0.25, -0.2) is 9.97 Å². The Morgan fingerprint density at radius 3 is 2.38 bits per heavy atom. The van der Waals surface area contributed by atoms with Crippen molar-refractivity contribution >= 4 is 0 Å². The fraction of sp³-hybridized carbons (Fsp3) is 0.600. The van der Waals surface area contributed by atoms with Gasteiger partial charge in [0.2, 0.25) is 0 Å². The van der Waals surface area contributed by atoms with E-state index in [1.54, 1.807) is 0 Å². The van der Waals surface area contributed by atoms with Gasteiger partial charge < -0.3 is 5.73 Å². The first kappa shape index (κ1) is 10.1. The van der Waals surface area contributed by atoms with Gasteiger partial charge >= 0.3 is 0 Å². The molecule has 0 spiro atoms. The van der Waals surface area contributed by atoms with Crippen LogP contribution in [0.3, 0.4) is 0 Å². The van der Waals surface area contributed by atoms with E-state index in [1.165, 1.54) is 0 Å². The zero-order valence-electron chi connectivity index (χ0n) is 8.76. The molecule has 0 aliphatic carbocycles. The predicted octanol–water partition coefficient (Wildman–Crippen LogP) is 1.54. The summed E-state index contributed by atoms with van der Waals surface area (Å²) in [6.07, 6.45) is 1.82. The van der Waals surface area contributed by atoms with E-state index in [2.05, 4.69) is 30.7 Å². The van der Waals surface area contributed by atoms with Gasteiger partial charge in [0.25, 0.3) is 0 Å². The summed E-state index contributed by atoms with van der Waals surface area (Å²) in [5, 5.41) is 0. The summed E-state index contributed by atoms with van der Waals surface area (Å²) < 4.78 is 0. The molecule has 1 aromatic rings. The highest BCUT2D eigenvalue weighted by molar-refractivity contribution is 5.17. The van der Waals surface area contributed by atoms with Crippen LogP contribution in [0.25, 0.3) is 0 Å². The molecule has 0 aromatic carbocycles. The van der Waals surface area contributed by atoms with Crippen LogP contribution < -0.4 is 5.73 Å². The van der Waals surface area contributed by atoms with Crippen molar-refractivity contribution in [2.75, 3.05) is 0 Å². The van der Waals surface area contributed by atoms with E-state index in [4.69, 9.17) is 5.73 Å². The minimum Gasteiger partial charge on any atom is -0.326 e. The van der Waals surface area contributed by atoms with E-state index in [9.17, 15) is 0 Å². The van der Waals surface area contributed by atoms with Crippen LogP contribution in [-0.2, 0) is 12.0 Å². The minimum absolute atomic E-state index is 0.0118. The van der Waals surface area contributed by atoms with Gasteiger partial charge in [0.05, 0.1) is 0 Å². The molecule has 0 amide bonds. The minimum atomic E-state index is 0.0118. The molecule has 3 heteroatoms. The molecule has 0 bridgehead atoms. The highest BCUT2D eigenvalue weighted by atomic mass is 14.9. The molecule has 0 aliphatic rings. The van der Waals surface area contributed by atoms with Crippen LogP contribution in [0.4, 0.5) is 0 Å². The lowest BCUT2D eigenvalue weighted by molar-refractivity contribution is 0.541. The van der Waals surface area contributed by atoms with Gasteiger partial charge in [-0.15, -0.1) is 0 Å². The zero-order valence-corrected chi connectivity index (χ0v) is 8.76. The predicted molar refractivity (Wildman–Crippen MR) is 53.4 cm³/mol. The van der Waals surface area contributed by atoms with Gasteiger partial charge in [0, 0.05) is 29.4 Å². The van der Waals surface area contributed by atoms with Crippen molar-refractivity contribution in [2.45, 2.75) is 39.7 Å². The molecular formula is C10H17N3. The summed E-state index contributed by atoms with van der Waals surface area (Å²) >= 11 is 0. The van der Waals surface area contributed by atoms with E-state index in [0.29, 0.717) is 6.54 Å². The molecule has 0 atom stereocenters. The monoisotopic (exact) mass is 179 g/mol. The van der Waals surface area contributed by atoms with Crippen LogP contribution in [-0.4, -0.2) is 9.97 Å². The van der Waals surface area contributed by atoms with Gasteiger partial charge in [-0.3, -0.25) is 0 Å². The van der Waals surface area contributed by atoms with Gasteiger partial charge in [0.15, 0.2) is 0 Å². The van der Waals surface area contributed by atoms with E-state index >= 15 is 0 Å². The van der Waals surface area contributed by atoms with Crippen molar-refractivity contribution < 1.29 is 0 Å².